The third-order valence-corrected chi connectivity index (χ3v) is 5.97. The first kappa shape index (κ1) is 22.6. The molecule has 33 heavy (non-hydrogen) atoms. The van der Waals surface area contributed by atoms with E-state index in [1.165, 1.54) is 35.2 Å². The summed E-state index contributed by atoms with van der Waals surface area (Å²) in [7, 11) is 1.52. The van der Waals surface area contributed by atoms with E-state index in [0.29, 0.717) is 32.7 Å². The molecule has 0 saturated heterocycles. The van der Waals surface area contributed by atoms with Crippen LogP contribution in [0.15, 0.2) is 93.6 Å². The molecule has 0 aliphatic heterocycles. The van der Waals surface area contributed by atoms with Gasteiger partial charge in [0.15, 0.2) is 0 Å². The first-order chi connectivity index (χ1) is 15.9. The van der Waals surface area contributed by atoms with Crippen molar-refractivity contribution in [3.63, 3.8) is 0 Å². The number of aryl methyl sites for hydroxylation is 1. The monoisotopic (exact) mass is 477 g/mol. The normalized spacial score (nSPS) is 10.6. The summed E-state index contributed by atoms with van der Waals surface area (Å²) in [5.41, 5.74) is 2.36. The van der Waals surface area contributed by atoms with Crippen molar-refractivity contribution in [1.29, 1.82) is 0 Å². The highest BCUT2D eigenvalue weighted by atomic mass is 35.5. The molecule has 0 aliphatic rings. The number of rotatable bonds is 6. The highest BCUT2D eigenvalue weighted by molar-refractivity contribution is 7.99. The van der Waals surface area contributed by atoms with Crippen LogP contribution < -0.4 is 15.6 Å². The van der Waals surface area contributed by atoms with Gasteiger partial charge in [-0.3, -0.25) is 9.59 Å². The zero-order chi connectivity index (χ0) is 23.4. The second kappa shape index (κ2) is 9.94. The number of aromatic nitrogens is 2. The van der Waals surface area contributed by atoms with Crippen LogP contribution >= 0.6 is 23.4 Å². The molecule has 3 aromatic carbocycles. The molecular formula is C25H20ClN3O3S. The lowest BCUT2D eigenvalue weighted by molar-refractivity contribution is 0.102. The summed E-state index contributed by atoms with van der Waals surface area (Å²) in [6.45, 7) is 2.03. The molecular weight excluding hydrogens is 458 g/mol. The number of carbonyl (C=O) groups is 1. The zero-order valence-corrected chi connectivity index (χ0v) is 19.5. The van der Waals surface area contributed by atoms with Gasteiger partial charge in [-0.2, -0.15) is 9.78 Å². The molecule has 4 rings (SSSR count). The number of hydrogen-bond acceptors (Lipinski definition) is 5. The molecule has 4 aromatic rings. The van der Waals surface area contributed by atoms with E-state index in [4.69, 9.17) is 16.3 Å². The number of carbonyl (C=O) groups excluding carboxylic acids is 1. The minimum Gasteiger partial charge on any atom is -0.495 e. The Bertz CT molecular complexity index is 1350. The average molecular weight is 478 g/mol. The van der Waals surface area contributed by atoms with Crippen LogP contribution in [0.4, 0.5) is 5.69 Å². The van der Waals surface area contributed by atoms with Gasteiger partial charge in [0.2, 0.25) is 0 Å². The number of anilines is 1. The smallest absolute Gasteiger partial charge is 0.271 e. The molecule has 6 nitrogen and oxygen atoms in total. The Labute approximate surface area is 200 Å². The molecule has 166 valence electrons. The van der Waals surface area contributed by atoms with Crippen molar-refractivity contribution >= 4 is 35.0 Å². The zero-order valence-electron chi connectivity index (χ0n) is 17.9. The van der Waals surface area contributed by atoms with Crippen LogP contribution in [-0.4, -0.2) is 22.8 Å². The second-order valence-corrected chi connectivity index (χ2v) is 8.71. The van der Waals surface area contributed by atoms with Crippen LogP contribution in [0.5, 0.6) is 5.75 Å². The minimum atomic E-state index is -0.328. The van der Waals surface area contributed by atoms with Crippen molar-refractivity contribution in [2.45, 2.75) is 16.8 Å². The molecule has 1 heterocycles. The Balaban J connectivity index is 1.54. The van der Waals surface area contributed by atoms with E-state index < -0.39 is 0 Å². The topological polar surface area (TPSA) is 73.2 Å². The number of halogens is 1. The van der Waals surface area contributed by atoms with E-state index in [1.54, 1.807) is 48.5 Å². The van der Waals surface area contributed by atoms with Gasteiger partial charge in [-0.15, -0.1) is 0 Å². The summed E-state index contributed by atoms with van der Waals surface area (Å²) in [6.07, 6.45) is 0. The van der Waals surface area contributed by atoms with Crippen molar-refractivity contribution in [2.24, 2.45) is 0 Å². The molecule has 0 atom stereocenters. The Kier molecular flexibility index (Phi) is 6.82. The number of ether oxygens (including phenoxy) is 1. The first-order valence-corrected chi connectivity index (χ1v) is 11.2. The Morgan fingerprint density at radius 3 is 2.42 bits per heavy atom. The van der Waals surface area contributed by atoms with Gasteiger partial charge in [-0.25, -0.2) is 0 Å². The summed E-state index contributed by atoms with van der Waals surface area (Å²) < 4.78 is 6.58. The van der Waals surface area contributed by atoms with E-state index in [1.807, 2.05) is 31.2 Å². The third kappa shape index (κ3) is 5.45. The lowest BCUT2D eigenvalue weighted by Crippen LogP contribution is -2.20. The van der Waals surface area contributed by atoms with Gasteiger partial charge in [-0.1, -0.05) is 41.1 Å². The van der Waals surface area contributed by atoms with Crippen LogP contribution in [0.2, 0.25) is 5.02 Å². The van der Waals surface area contributed by atoms with Gasteiger partial charge >= 0.3 is 0 Å². The quantitative estimate of drug-likeness (QED) is 0.391. The van der Waals surface area contributed by atoms with Crippen LogP contribution in [-0.2, 0) is 0 Å². The predicted molar refractivity (Wildman–Crippen MR) is 131 cm³/mol. The number of nitrogens with one attached hydrogen (secondary N) is 1. The van der Waals surface area contributed by atoms with Crippen LogP contribution in [0.25, 0.3) is 5.69 Å². The van der Waals surface area contributed by atoms with Crippen molar-refractivity contribution in [3.8, 4) is 11.4 Å². The van der Waals surface area contributed by atoms with Crippen LogP contribution in [0.3, 0.4) is 0 Å². The summed E-state index contributed by atoms with van der Waals surface area (Å²) >= 11 is 7.50. The lowest BCUT2D eigenvalue weighted by atomic mass is 10.2. The molecule has 0 radical (unpaired) electrons. The molecule has 1 amide bonds. The summed E-state index contributed by atoms with van der Waals surface area (Å²) in [5, 5.41) is 8.43. The number of benzene rings is 3. The van der Waals surface area contributed by atoms with Gasteiger partial charge in [0, 0.05) is 21.5 Å². The maximum absolute atomic E-state index is 12.7. The molecule has 0 unspecified atom stereocenters. The molecule has 0 fully saturated rings. The summed E-state index contributed by atoms with van der Waals surface area (Å²) in [5.74, 6) is 0.175. The van der Waals surface area contributed by atoms with Gasteiger partial charge in [-0.05, 0) is 67.6 Å². The summed E-state index contributed by atoms with van der Waals surface area (Å²) in [6, 6.07) is 22.9. The standard InChI is InChI=1S/C25H20ClN3O3S/c1-16-3-10-20(11-4-16)33-23-13-14-24(30)29(28-23)19-8-5-17(6-9-19)25(31)27-21-15-18(26)7-12-22(21)32-2/h3-15H,1-2H3,(H,27,31). The van der Waals surface area contributed by atoms with Crippen molar-refractivity contribution in [2.75, 3.05) is 12.4 Å². The molecule has 0 saturated carbocycles. The van der Waals surface area contributed by atoms with E-state index in [0.717, 1.165) is 4.90 Å². The van der Waals surface area contributed by atoms with E-state index in [2.05, 4.69) is 10.4 Å². The fraction of sp³-hybridized carbons (Fsp3) is 0.0800. The fourth-order valence-electron chi connectivity index (χ4n) is 3.09. The predicted octanol–water partition coefficient (Wildman–Crippen LogP) is 5.61. The molecule has 0 spiro atoms. The van der Waals surface area contributed by atoms with E-state index in [-0.39, 0.29) is 11.5 Å². The SMILES string of the molecule is COc1ccc(Cl)cc1NC(=O)c1ccc(-n2nc(Sc3ccc(C)cc3)ccc2=O)cc1. The van der Waals surface area contributed by atoms with Gasteiger partial charge in [0.25, 0.3) is 11.5 Å². The van der Waals surface area contributed by atoms with Gasteiger partial charge < -0.3 is 10.1 Å². The highest BCUT2D eigenvalue weighted by Crippen LogP contribution is 2.28. The fourth-order valence-corrected chi connectivity index (χ4v) is 4.03. The Morgan fingerprint density at radius 2 is 1.73 bits per heavy atom. The van der Waals surface area contributed by atoms with Gasteiger partial charge in [0.1, 0.15) is 10.8 Å². The minimum absolute atomic E-state index is 0.260. The number of hydrogen-bond donors (Lipinski definition) is 1. The second-order valence-electron chi connectivity index (χ2n) is 7.18. The summed E-state index contributed by atoms with van der Waals surface area (Å²) in [4.78, 5) is 26.1. The maximum atomic E-state index is 12.7. The largest absolute Gasteiger partial charge is 0.495 e. The van der Waals surface area contributed by atoms with Crippen molar-refractivity contribution in [3.05, 3.63) is 105 Å². The third-order valence-electron chi connectivity index (χ3n) is 4.80. The average Bonchev–Trinajstić information content (AvgIpc) is 2.82. The maximum Gasteiger partial charge on any atom is 0.271 e. The molecule has 1 aromatic heterocycles. The first-order valence-electron chi connectivity index (χ1n) is 10.0. The van der Waals surface area contributed by atoms with Gasteiger partial charge in [0.05, 0.1) is 18.5 Å². The number of methoxy groups -OCH3 is 1. The molecule has 1 N–H and O–H groups in total. The van der Waals surface area contributed by atoms with Crippen molar-refractivity contribution in [1.82, 2.24) is 9.78 Å². The molecule has 0 bridgehead atoms. The Hall–Kier alpha value is -3.55. The number of amides is 1. The van der Waals surface area contributed by atoms with Crippen LogP contribution in [0.1, 0.15) is 15.9 Å². The highest BCUT2D eigenvalue weighted by Gasteiger charge is 2.12. The van der Waals surface area contributed by atoms with Crippen molar-refractivity contribution < 1.29 is 9.53 Å². The van der Waals surface area contributed by atoms with Crippen LogP contribution in [0, 0.1) is 6.92 Å². The van der Waals surface area contributed by atoms with E-state index in [9.17, 15) is 9.59 Å². The lowest BCUT2D eigenvalue weighted by Gasteiger charge is -2.11. The Morgan fingerprint density at radius 1 is 1.00 bits per heavy atom. The molecule has 8 heteroatoms. The molecule has 0 aliphatic carbocycles. The van der Waals surface area contributed by atoms with E-state index >= 15 is 0 Å². The number of nitrogens with zero attached hydrogens (tertiary/aromatic N) is 2.